The second-order valence-electron chi connectivity index (χ2n) is 5.87. The molecule has 2 fully saturated rings. The number of nitriles is 1. The molecule has 0 N–H and O–H groups in total. The van der Waals surface area contributed by atoms with Crippen LogP contribution in [0.15, 0.2) is 12.4 Å². The Hall–Kier alpha value is -2.20. The molecule has 0 saturated carbocycles. The normalized spacial score (nSPS) is 22.4. The first kappa shape index (κ1) is 15.7. The molecule has 0 aliphatic carbocycles. The average molecular weight is 316 g/mol. The smallest absolute Gasteiger partial charge is 0.251 e. The lowest BCUT2D eigenvalue weighted by Gasteiger charge is -2.35. The molecule has 1 aromatic rings. The molecule has 3 rings (SSSR count). The van der Waals surface area contributed by atoms with Gasteiger partial charge in [-0.25, -0.2) is 9.97 Å². The van der Waals surface area contributed by atoms with Gasteiger partial charge in [0.2, 0.25) is 11.6 Å². The molecule has 0 radical (unpaired) electrons. The fraction of sp³-hybridized carbons (Fsp3) is 0.625. The highest BCUT2D eigenvalue weighted by molar-refractivity contribution is 5.79. The molecule has 1 unspecified atom stereocenters. The van der Waals surface area contributed by atoms with Gasteiger partial charge in [-0.15, -0.1) is 0 Å². The van der Waals surface area contributed by atoms with Crippen molar-refractivity contribution in [2.75, 3.05) is 26.3 Å². The summed E-state index contributed by atoms with van der Waals surface area (Å²) < 4.78 is 11.2. The zero-order valence-corrected chi connectivity index (χ0v) is 13.0. The summed E-state index contributed by atoms with van der Waals surface area (Å²) in [7, 11) is 0. The van der Waals surface area contributed by atoms with Crippen molar-refractivity contribution >= 4 is 5.91 Å². The van der Waals surface area contributed by atoms with Crippen molar-refractivity contribution in [3.05, 3.63) is 18.1 Å². The van der Waals surface area contributed by atoms with E-state index in [9.17, 15) is 4.79 Å². The molecule has 1 atom stereocenters. The van der Waals surface area contributed by atoms with E-state index in [4.69, 9.17) is 14.7 Å². The van der Waals surface area contributed by atoms with Crippen LogP contribution in [-0.4, -0.2) is 53.2 Å². The number of hydrogen-bond donors (Lipinski definition) is 0. The maximum atomic E-state index is 12.6. The molecule has 3 heterocycles. The van der Waals surface area contributed by atoms with E-state index in [0.717, 1.165) is 32.2 Å². The number of carbonyl (C=O) groups excluding carboxylic acids is 1. The van der Waals surface area contributed by atoms with Crippen LogP contribution < -0.4 is 4.74 Å². The Morgan fingerprint density at radius 1 is 1.30 bits per heavy atom. The fourth-order valence-electron chi connectivity index (χ4n) is 3.08. The summed E-state index contributed by atoms with van der Waals surface area (Å²) in [6.07, 6.45) is 6.15. The predicted molar refractivity (Wildman–Crippen MR) is 80.5 cm³/mol. The molecule has 0 bridgehead atoms. The molecule has 1 aromatic heterocycles. The Kier molecular flexibility index (Phi) is 5.03. The Labute approximate surface area is 135 Å². The fourth-order valence-corrected chi connectivity index (χ4v) is 3.08. The van der Waals surface area contributed by atoms with E-state index >= 15 is 0 Å². The second kappa shape index (κ2) is 7.38. The first-order chi connectivity index (χ1) is 11.3. The average Bonchev–Trinajstić information content (AvgIpc) is 2.62. The lowest BCUT2D eigenvalue weighted by atomic mass is 9.97. The summed E-state index contributed by atoms with van der Waals surface area (Å²) in [6.45, 7) is 2.63. The monoisotopic (exact) mass is 316 g/mol. The Bertz CT molecular complexity index is 595. The van der Waals surface area contributed by atoms with Crippen molar-refractivity contribution < 1.29 is 14.3 Å². The summed E-state index contributed by atoms with van der Waals surface area (Å²) in [6, 6.07) is 1.98. The lowest BCUT2D eigenvalue weighted by molar-refractivity contribution is -0.141. The number of ether oxygens (including phenoxy) is 2. The number of hydrogen-bond acceptors (Lipinski definition) is 6. The van der Waals surface area contributed by atoms with Crippen molar-refractivity contribution in [2.24, 2.45) is 5.92 Å². The van der Waals surface area contributed by atoms with Crippen LogP contribution >= 0.6 is 0 Å². The highest BCUT2D eigenvalue weighted by Crippen LogP contribution is 2.23. The summed E-state index contributed by atoms with van der Waals surface area (Å²) in [5.74, 6) is 0.510. The summed E-state index contributed by atoms with van der Waals surface area (Å²) in [5.41, 5.74) is 0.181. The van der Waals surface area contributed by atoms with E-state index in [-0.39, 0.29) is 29.5 Å². The van der Waals surface area contributed by atoms with Gasteiger partial charge in [-0.1, -0.05) is 0 Å². The number of carbonyl (C=O) groups is 1. The van der Waals surface area contributed by atoms with Crippen LogP contribution in [0, 0.1) is 17.2 Å². The standard InChI is InChI=1S/C16H20N4O3/c17-10-14-15(19-6-5-18-14)23-13-2-1-7-20(11-13)16(21)12-3-8-22-9-4-12/h5-6,12-13H,1-4,7-9,11H2. The third-order valence-corrected chi connectivity index (χ3v) is 4.31. The SMILES string of the molecule is N#Cc1nccnc1OC1CCCN(C(=O)C2CCOCC2)C1. The molecule has 2 aliphatic heterocycles. The van der Waals surface area contributed by atoms with Crippen molar-refractivity contribution in [3.63, 3.8) is 0 Å². The number of piperidine rings is 1. The zero-order chi connectivity index (χ0) is 16.1. The number of rotatable bonds is 3. The van der Waals surface area contributed by atoms with Crippen LogP contribution in [0.1, 0.15) is 31.4 Å². The van der Waals surface area contributed by atoms with Crippen molar-refractivity contribution in [2.45, 2.75) is 31.8 Å². The van der Waals surface area contributed by atoms with Gasteiger partial charge in [0.05, 0.1) is 6.54 Å². The maximum absolute atomic E-state index is 12.6. The first-order valence-corrected chi connectivity index (χ1v) is 8.02. The largest absolute Gasteiger partial charge is 0.470 e. The van der Waals surface area contributed by atoms with Gasteiger partial charge in [-0.3, -0.25) is 4.79 Å². The Morgan fingerprint density at radius 3 is 2.87 bits per heavy atom. The molecule has 1 amide bonds. The first-order valence-electron chi connectivity index (χ1n) is 8.02. The molecular formula is C16H20N4O3. The van der Waals surface area contributed by atoms with Gasteiger partial charge in [0.25, 0.3) is 5.88 Å². The van der Waals surface area contributed by atoms with Crippen LogP contribution in [0.2, 0.25) is 0 Å². The second-order valence-corrected chi connectivity index (χ2v) is 5.87. The van der Waals surface area contributed by atoms with Gasteiger partial charge in [-0.05, 0) is 25.7 Å². The lowest BCUT2D eigenvalue weighted by Crippen LogP contribution is -2.47. The van der Waals surface area contributed by atoms with Crippen molar-refractivity contribution in [1.82, 2.24) is 14.9 Å². The number of likely N-dealkylation sites (tertiary alicyclic amines) is 1. The molecule has 2 saturated heterocycles. The third-order valence-electron chi connectivity index (χ3n) is 4.31. The molecule has 23 heavy (non-hydrogen) atoms. The Morgan fingerprint density at radius 2 is 2.09 bits per heavy atom. The van der Waals surface area contributed by atoms with Crippen LogP contribution in [0.25, 0.3) is 0 Å². The molecular weight excluding hydrogens is 296 g/mol. The highest BCUT2D eigenvalue weighted by Gasteiger charge is 2.31. The van der Waals surface area contributed by atoms with Crippen molar-refractivity contribution in [1.29, 1.82) is 5.26 Å². The number of nitrogens with zero attached hydrogens (tertiary/aromatic N) is 4. The number of amides is 1. The molecule has 7 nitrogen and oxygen atoms in total. The highest BCUT2D eigenvalue weighted by atomic mass is 16.5. The van der Waals surface area contributed by atoms with Gasteiger partial charge in [-0.2, -0.15) is 5.26 Å². The molecule has 7 heteroatoms. The van der Waals surface area contributed by atoms with Crippen LogP contribution in [0.5, 0.6) is 5.88 Å². The summed E-state index contributed by atoms with van der Waals surface area (Å²) >= 11 is 0. The summed E-state index contributed by atoms with van der Waals surface area (Å²) in [4.78, 5) is 22.5. The maximum Gasteiger partial charge on any atom is 0.251 e. The van der Waals surface area contributed by atoms with E-state index in [1.165, 1.54) is 12.4 Å². The zero-order valence-electron chi connectivity index (χ0n) is 13.0. The van der Waals surface area contributed by atoms with E-state index in [1.807, 2.05) is 11.0 Å². The molecule has 0 aromatic carbocycles. The van der Waals surface area contributed by atoms with E-state index in [0.29, 0.717) is 19.8 Å². The minimum Gasteiger partial charge on any atom is -0.470 e. The molecule has 0 spiro atoms. The Balaban J connectivity index is 1.62. The molecule has 2 aliphatic rings. The minimum absolute atomic E-state index is 0.0636. The number of aromatic nitrogens is 2. The minimum atomic E-state index is -0.142. The van der Waals surface area contributed by atoms with Gasteiger partial charge in [0.1, 0.15) is 12.2 Å². The van der Waals surface area contributed by atoms with Crippen LogP contribution in [0.4, 0.5) is 0 Å². The van der Waals surface area contributed by atoms with E-state index in [2.05, 4.69) is 9.97 Å². The van der Waals surface area contributed by atoms with E-state index in [1.54, 1.807) is 0 Å². The quantitative estimate of drug-likeness (QED) is 0.831. The third kappa shape index (κ3) is 3.77. The topological polar surface area (TPSA) is 88.3 Å². The predicted octanol–water partition coefficient (Wildman–Crippen LogP) is 1.14. The van der Waals surface area contributed by atoms with Crippen LogP contribution in [-0.2, 0) is 9.53 Å². The summed E-state index contributed by atoms with van der Waals surface area (Å²) in [5, 5.41) is 9.05. The van der Waals surface area contributed by atoms with Gasteiger partial charge >= 0.3 is 0 Å². The van der Waals surface area contributed by atoms with Crippen molar-refractivity contribution in [3.8, 4) is 11.9 Å². The van der Waals surface area contributed by atoms with Gasteiger partial charge in [0, 0.05) is 38.1 Å². The van der Waals surface area contributed by atoms with Crippen LogP contribution in [0.3, 0.4) is 0 Å². The molecule has 122 valence electrons. The van der Waals surface area contributed by atoms with Gasteiger partial charge in [0.15, 0.2) is 0 Å². The van der Waals surface area contributed by atoms with Gasteiger partial charge < -0.3 is 14.4 Å². The van der Waals surface area contributed by atoms with E-state index < -0.39 is 0 Å².